The molecule has 1 aliphatic heterocycles. The first-order valence-electron chi connectivity index (χ1n) is 12.3. The van der Waals surface area contributed by atoms with Crippen LogP contribution in [0.4, 0.5) is 23.7 Å². The van der Waals surface area contributed by atoms with Gasteiger partial charge in [-0.2, -0.15) is 0 Å². The lowest BCUT2D eigenvalue weighted by molar-refractivity contribution is -0.116. The van der Waals surface area contributed by atoms with Crippen LogP contribution < -0.4 is 5.32 Å². The van der Waals surface area contributed by atoms with Crippen molar-refractivity contribution >= 4 is 17.7 Å². The van der Waals surface area contributed by atoms with Gasteiger partial charge in [-0.15, -0.1) is 0 Å². The Kier molecular flexibility index (Phi) is 9.10. The number of aromatic nitrogens is 2. The van der Waals surface area contributed by atoms with Crippen molar-refractivity contribution in [3.63, 3.8) is 0 Å². The molecule has 3 aromatic rings. The number of nitrogens with one attached hydrogen (secondary N) is 1. The number of hydrogen-bond donors (Lipinski definition) is 3. The van der Waals surface area contributed by atoms with E-state index in [0.29, 0.717) is 5.56 Å². The Morgan fingerprint density at radius 3 is 2.51 bits per heavy atom. The van der Waals surface area contributed by atoms with E-state index in [1.54, 1.807) is 0 Å². The maximum Gasteiger partial charge on any atom is 0.407 e. The summed E-state index contributed by atoms with van der Waals surface area (Å²) < 4.78 is 48.6. The molecule has 2 aromatic heterocycles. The van der Waals surface area contributed by atoms with Crippen molar-refractivity contribution in [2.24, 2.45) is 0 Å². The molecular formula is C27H27F3N4O5. The van der Waals surface area contributed by atoms with Crippen LogP contribution in [0.1, 0.15) is 35.4 Å². The summed E-state index contributed by atoms with van der Waals surface area (Å²) in [6.07, 6.45) is 3.10. The quantitative estimate of drug-likeness (QED) is 0.375. The first kappa shape index (κ1) is 28.0. The number of aliphatic hydroxyl groups is 1. The Morgan fingerprint density at radius 2 is 1.82 bits per heavy atom. The summed E-state index contributed by atoms with van der Waals surface area (Å²) in [5, 5.41) is 21.4. The standard InChI is InChI=1S/C27H27F3N4O5/c28-17-3-1-16(2-4-17)22(20-7-8-31-10-23(20)29)9-26(36)33-25-12-32-11-24(30)21(25)6-5-19-13-34(27(37)38)18(14-35)15-39-19/h1-4,7-8,10-12,18-19,22,35H,5-6,9,13-15H2,(H,33,36)(H,37,38)/t18?,19?,22-/m0/s1. The van der Waals surface area contributed by atoms with Crippen LogP contribution >= 0.6 is 0 Å². The van der Waals surface area contributed by atoms with Gasteiger partial charge >= 0.3 is 6.09 Å². The summed E-state index contributed by atoms with van der Waals surface area (Å²) in [4.78, 5) is 33.3. The van der Waals surface area contributed by atoms with Gasteiger partial charge in [-0.3, -0.25) is 19.7 Å². The number of carbonyl (C=O) groups is 2. The predicted octanol–water partition coefficient (Wildman–Crippen LogP) is 3.73. The van der Waals surface area contributed by atoms with E-state index in [-0.39, 0.29) is 55.8 Å². The zero-order chi connectivity index (χ0) is 27.9. The average molecular weight is 545 g/mol. The van der Waals surface area contributed by atoms with Crippen LogP contribution in [-0.2, 0) is 16.0 Å². The summed E-state index contributed by atoms with van der Waals surface area (Å²) >= 11 is 0. The Bertz CT molecular complexity index is 1310. The summed E-state index contributed by atoms with van der Waals surface area (Å²) in [6, 6.07) is 6.14. The minimum atomic E-state index is -1.19. The lowest BCUT2D eigenvalue weighted by Gasteiger charge is -2.37. The largest absolute Gasteiger partial charge is 0.465 e. The number of carbonyl (C=O) groups excluding carboxylic acids is 1. The molecule has 39 heavy (non-hydrogen) atoms. The fraction of sp³-hybridized carbons (Fsp3) is 0.333. The van der Waals surface area contributed by atoms with E-state index in [0.717, 1.165) is 17.3 Å². The van der Waals surface area contributed by atoms with Crippen LogP contribution in [0.2, 0.25) is 0 Å². The third-order valence-electron chi connectivity index (χ3n) is 6.66. The maximum atomic E-state index is 14.8. The van der Waals surface area contributed by atoms with Crippen LogP contribution in [-0.4, -0.2) is 69.0 Å². The molecule has 3 atom stereocenters. The average Bonchev–Trinajstić information content (AvgIpc) is 2.92. The van der Waals surface area contributed by atoms with Gasteiger partial charge in [-0.05, 0) is 42.2 Å². The van der Waals surface area contributed by atoms with Crippen molar-refractivity contribution in [1.29, 1.82) is 0 Å². The van der Waals surface area contributed by atoms with Gasteiger partial charge < -0.3 is 20.3 Å². The van der Waals surface area contributed by atoms with Crippen LogP contribution in [0.3, 0.4) is 0 Å². The Balaban J connectivity index is 1.49. The van der Waals surface area contributed by atoms with Crippen molar-refractivity contribution in [3.05, 3.63) is 89.3 Å². The fourth-order valence-electron chi connectivity index (χ4n) is 4.60. The van der Waals surface area contributed by atoms with Crippen molar-refractivity contribution < 1.29 is 37.7 Å². The number of pyridine rings is 2. The van der Waals surface area contributed by atoms with Crippen molar-refractivity contribution in [3.8, 4) is 0 Å². The van der Waals surface area contributed by atoms with Gasteiger partial charge in [0.1, 0.15) is 17.5 Å². The molecule has 12 heteroatoms. The zero-order valence-electron chi connectivity index (χ0n) is 20.8. The number of amides is 2. The smallest absolute Gasteiger partial charge is 0.407 e. The van der Waals surface area contributed by atoms with Gasteiger partial charge in [0.25, 0.3) is 0 Å². The molecule has 3 heterocycles. The zero-order valence-corrected chi connectivity index (χ0v) is 20.8. The summed E-state index contributed by atoms with van der Waals surface area (Å²) in [5.74, 6) is -3.09. The molecule has 0 saturated carbocycles. The second-order valence-corrected chi connectivity index (χ2v) is 9.17. The van der Waals surface area contributed by atoms with E-state index in [4.69, 9.17) is 4.74 Å². The van der Waals surface area contributed by atoms with Crippen LogP contribution in [0.15, 0.2) is 55.1 Å². The maximum absolute atomic E-state index is 14.8. The lowest BCUT2D eigenvalue weighted by atomic mass is 9.88. The number of anilines is 1. The molecule has 2 unspecified atom stereocenters. The molecule has 9 nitrogen and oxygen atoms in total. The molecule has 3 N–H and O–H groups in total. The molecule has 1 aliphatic rings. The second kappa shape index (κ2) is 12.7. The lowest BCUT2D eigenvalue weighted by Crippen LogP contribution is -2.53. The molecule has 1 fully saturated rings. The Hall–Kier alpha value is -4.03. The second-order valence-electron chi connectivity index (χ2n) is 9.17. The van der Waals surface area contributed by atoms with Crippen LogP contribution in [0.25, 0.3) is 0 Å². The fourth-order valence-corrected chi connectivity index (χ4v) is 4.60. The summed E-state index contributed by atoms with van der Waals surface area (Å²) in [7, 11) is 0. The molecule has 1 saturated heterocycles. The highest BCUT2D eigenvalue weighted by molar-refractivity contribution is 5.92. The van der Waals surface area contributed by atoms with Gasteiger partial charge in [0, 0.05) is 24.1 Å². The van der Waals surface area contributed by atoms with E-state index in [9.17, 15) is 33.0 Å². The van der Waals surface area contributed by atoms with E-state index >= 15 is 0 Å². The molecule has 0 bridgehead atoms. The van der Waals surface area contributed by atoms with Gasteiger partial charge in [0.15, 0.2) is 0 Å². The number of morpholine rings is 1. The molecular weight excluding hydrogens is 517 g/mol. The number of ether oxygens (including phenoxy) is 1. The molecule has 4 rings (SSSR count). The number of rotatable bonds is 9. The number of aliphatic hydroxyl groups excluding tert-OH is 1. The molecule has 2 amide bonds. The molecule has 0 radical (unpaired) electrons. The van der Waals surface area contributed by atoms with Gasteiger partial charge in [-0.1, -0.05) is 12.1 Å². The number of carboxylic acid groups (broad SMARTS) is 1. The highest BCUT2D eigenvalue weighted by atomic mass is 19.1. The van der Waals surface area contributed by atoms with Crippen molar-refractivity contribution in [2.45, 2.75) is 37.3 Å². The van der Waals surface area contributed by atoms with Crippen LogP contribution in [0, 0.1) is 17.5 Å². The van der Waals surface area contributed by atoms with Gasteiger partial charge in [0.2, 0.25) is 5.91 Å². The SMILES string of the molecule is O=C(C[C@@H](c1ccc(F)cc1)c1ccncc1F)Nc1cncc(F)c1CCC1CN(C(=O)O)C(CO)CO1. The number of hydrogen-bond acceptors (Lipinski definition) is 6. The van der Waals surface area contributed by atoms with Crippen LogP contribution in [0.5, 0.6) is 0 Å². The minimum absolute atomic E-state index is 0.00576. The van der Waals surface area contributed by atoms with Gasteiger partial charge in [0.05, 0.1) is 56.2 Å². The highest BCUT2D eigenvalue weighted by Crippen LogP contribution is 2.31. The third-order valence-corrected chi connectivity index (χ3v) is 6.66. The predicted molar refractivity (Wildman–Crippen MR) is 134 cm³/mol. The van der Waals surface area contributed by atoms with Gasteiger partial charge in [-0.25, -0.2) is 18.0 Å². The Morgan fingerprint density at radius 1 is 1.08 bits per heavy atom. The molecule has 0 aliphatic carbocycles. The van der Waals surface area contributed by atoms with Crippen molar-refractivity contribution in [1.82, 2.24) is 14.9 Å². The minimum Gasteiger partial charge on any atom is -0.465 e. The van der Waals surface area contributed by atoms with E-state index < -0.39 is 47.5 Å². The first-order chi connectivity index (χ1) is 18.8. The third kappa shape index (κ3) is 6.89. The highest BCUT2D eigenvalue weighted by Gasteiger charge is 2.32. The Labute approximate surface area is 222 Å². The van der Waals surface area contributed by atoms with Crippen molar-refractivity contribution in [2.75, 3.05) is 25.1 Å². The molecule has 206 valence electrons. The number of halogens is 3. The normalized spacial score (nSPS) is 18.0. The van der Waals surface area contributed by atoms with E-state index in [2.05, 4.69) is 15.3 Å². The van der Waals surface area contributed by atoms with E-state index in [1.807, 2.05) is 0 Å². The summed E-state index contributed by atoms with van der Waals surface area (Å²) in [6.45, 7) is -0.367. The number of benzene rings is 1. The number of nitrogens with zero attached hydrogens (tertiary/aromatic N) is 3. The van der Waals surface area contributed by atoms with E-state index in [1.165, 1.54) is 42.7 Å². The monoisotopic (exact) mass is 544 g/mol. The topological polar surface area (TPSA) is 125 Å². The molecule has 1 aromatic carbocycles. The summed E-state index contributed by atoms with van der Waals surface area (Å²) in [5.41, 5.74) is 0.976. The molecule has 0 spiro atoms. The first-order valence-corrected chi connectivity index (χ1v) is 12.3.